The van der Waals surface area contributed by atoms with Crippen LogP contribution in [0.1, 0.15) is 24.1 Å². The molecule has 0 heterocycles. The van der Waals surface area contributed by atoms with Gasteiger partial charge in [-0.3, -0.25) is 4.79 Å². The first-order valence-electron chi connectivity index (χ1n) is 8.68. The number of nitrogens with one attached hydrogen (secondary N) is 1. The summed E-state index contributed by atoms with van der Waals surface area (Å²) in [5.41, 5.74) is 1.71. The Morgan fingerprint density at radius 3 is 2.44 bits per heavy atom. The SMILES string of the molecule is COc1ccc(C(C)NCC(=O)C[P+](O)(O)Cc2ccccc2)c(OC)c1. The Hall–Kier alpha value is -1.98. The summed E-state index contributed by atoms with van der Waals surface area (Å²) in [6, 6.07) is 14.5. The smallest absolute Gasteiger partial charge is 0.279 e. The quantitative estimate of drug-likeness (QED) is 0.539. The Bertz CT molecular complexity index is 751. The molecule has 0 saturated carbocycles. The maximum absolute atomic E-state index is 12.2. The number of hydrogen-bond acceptors (Lipinski definition) is 6. The van der Waals surface area contributed by atoms with Crippen molar-refractivity contribution in [1.29, 1.82) is 0 Å². The van der Waals surface area contributed by atoms with E-state index < -0.39 is 7.72 Å². The lowest BCUT2D eigenvalue weighted by atomic mass is 10.1. The van der Waals surface area contributed by atoms with E-state index in [-0.39, 0.29) is 30.7 Å². The second-order valence-electron chi connectivity index (χ2n) is 6.43. The van der Waals surface area contributed by atoms with Crippen LogP contribution in [0.2, 0.25) is 0 Å². The van der Waals surface area contributed by atoms with Crippen LogP contribution < -0.4 is 14.8 Å². The molecule has 0 saturated heterocycles. The first-order chi connectivity index (χ1) is 12.8. The lowest BCUT2D eigenvalue weighted by Crippen LogP contribution is -2.28. The van der Waals surface area contributed by atoms with E-state index in [2.05, 4.69) is 5.32 Å². The first kappa shape index (κ1) is 21.3. The van der Waals surface area contributed by atoms with E-state index in [0.717, 1.165) is 11.1 Å². The molecule has 0 fully saturated rings. The standard InChI is InChI=1S/C20H27NO5P/c1-15(19-10-9-18(25-2)11-20(19)26-3)21-12-17(22)14-27(23,24)13-16-7-5-4-6-8-16/h4-11,15,21,23-24H,12-14H2,1-3H3/q+1. The van der Waals surface area contributed by atoms with Gasteiger partial charge in [0.15, 0.2) is 11.9 Å². The number of benzene rings is 2. The molecule has 1 atom stereocenters. The second kappa shape index (κ2) is 9.81. The monoisotopic (exact) mass is 392 g/mol. The molecule has 1 unspecified atom stereocenters. The number of hydrogen-bond donors (Lipinski definition) is 3. The number of carbonyl (C=O) groups excluding carboxylic acids is 1. The summed E-state index contributed by atoms with van der Waals surface area (Å²) in [6.45, 7) is 1.97. The molecule has 2 aromatic rings. The van der Waals surface area contributed by atoms with Crippen LogP contribution in [0.25, 0.3) is 0 Å². The second-order valence-corrected chi connectivity index (χ2v) is 8.82. The molecule has 2 aromatic carbocycles. The van der Waals surface area contributed by atoms with Gasteiger partial charge in [-0.2, -0.15) is 0 Å². The predicted molar refractivity (Wildman–Crippen MR) is 107 cm³/mol. The number of rotatable bonds is 10. The molecule has 146 valence electrons. The molecular formula is C20H27NO5P+. The Morgan fingerprint density at radius 2 is 1.81 bits per heavy atom. The maximum Gasteiger partial charge on any atom is 0.279 e. The van der Waals surface area contributed by atoms with E-state index in [9.17, 15) is 14.6 Å². The summed E-state index contributed by atoms with van der Waals surface area (Å²) in [6.07, 6.45) is -0.122. The number of ketones is 1. The molecule has 0 amide bonds. The minimum Gasteiger partial charge on any atom is -0.497 e. The molecule has 0 radical (unpaired) electrons. The zero-order valence-corrected chi connectivity index (χ0v) is 16.8. The van der Waals surface area contributed by atoms with Gasteiger partial charge in [0.1, 0.15) is 17.7 Å². The van der Waals surface area contributed by atoms with Crippen molar-refractivity contribution in [2.24, 2.45) is 0 Å². The van der Waals surface area contributed by atoms with E-state index in [1.54, 1.807) is 20.3 Å². The summed E-state index contributed by atoms with van der Waals surface area (Å²) < 4.78 is 10.6. The van der Waals surface area contributed by atoms with E-state index in [1.165, 1.54) is 0 Å². The molecule has 27 heavy (non-hydrogen) atoms. The first-order valence-corrected chi connectivity index (χ1v) is 10.7. The highest BCUT2D eigenvalue weighted by atomic mass is 31.2. The van der Waals surface area contributed by atoms with Crippen LogP contribution in [0, 0.1) is 0 Å². The van der Waals surface area contributed by atoms with Gasteiger partial charge >= 0.3 is 0 Å². The molecule has 0 bridgehead atoms. The predicted octanol–water partition coefficient (Wildman–Crippen LogP) is 2.96. The largest absolute Gasteiger partial charge is 0.497 e. The van der Waals surface area contributed by atoms with Crippen LogP contribution >= 0.6 is 7.72 Å². The van der Waals surface area contributed by atoms with Gasteiger partial charge in [0.05, 0.1) is 20.8 Å². The fourth-order valence-corrected chi connectivity index (χ4v) is 4.41. The van der Waals surface area contributed by atoms with Crippen LogP contribution in [-0.4, -0.2) is 42.5 Å². The molecule has 7 heteroatoms. The Balaban J connectivity index is 1.91. The third-order valence-electron chi connectivity index (χ3n) is 4.22. The third kappa shape index (κ3) is 6.60. The van der Waals surface area contributed by atoms with Crippen LogP contribution in [0.3, 0.4) is 0 Å². The highest BCUT2D eigenvalue weighted by Gasteiger charge is 2.36. The summed E-state index contributed by atoms with van der Waals surface area (Å²) in [4.78, 5) is 32.7. The lowest BCUT2D eigenvalue weighted by Gasteiger charge is -2.18. The summed E-state index contributed by atoms with van der Waals surface area (Å²) in [5, 5.41) is 3.12. The van der Waals surface area contributed by atoms with Crippen molar-refractivity contribution in [3.05, 3.63) is 59.7 Å². The van der Waals surface area contributed by atoms with Gasteiger partial charge in [-0.15, -0.1) is 0 Å². The van der Waals surface area contributed by atoms with Crippen LogP contribution in [0.5, 0.6) is 11.5 Å². The molecule has 0 aliphatic rings. The molecular weight excluding hydrogens is 365 g/mol. The highest BCUT2D eigenvalue weighted by Crippen LogP contribution is 2.52. The third-order valence-corrected chi connectivity index (χ3v) is 5.95. The van der Waals surface area contributed by atoms with Crippen molar-refractivity contribution in [1.82, 2.24) is 5.32 Å². The fourth-order valence-electron chi connectivity index (χ4n) is 2.82. The van der Waals surface area contributed by atoms with E-state index in [1.807, 2.05) is 49.4 Å². The minimum atomic E-state index is -3.31. The number of ether oxygens (including phenoxy) is 2. The van der Waals surface area contributed by atoms with Gasteiger partial charge in [-0.1, -0.05) is 36.4 Å². The van der Waals surface area contributed by atoms with E-state index >= 15 is 0 Å². The van der Waals surface area contributed by atoms with Crippen molar-refractivity contribution in [3.8, 4) is 11.5 Å². The van der Waals surface area contributed by atoms with Crippen molar-refractivity contribution in [2.75, 3.05) is 26.9 Å². The van der Waals surface area contributed by atoms with Crippen molar-refractivity contribution < 1.29 is 24.1 Å². The van der Waals surface area contributed by atoms with Crippen LogP contribution in [0.15, 0.2) is 48.5 Å². The average molecular weight is 392 g/mol. The van der Waals surface area contributed by atoms with Gasteiger partial charge in [0.25, 0.3) is 7.72 Å². The van der Waals surface area contributed by atoms with Gasteiger partial charge in [-0.05, 0) is 18.6 Å². The number of methoxy groups -OCH3 is 2. The summed E-state index contributed by atoms with van der Waals surface area (Å²) in [7, 11) is -0.143. The normalized spacial score (nSPS) is 12.5. The summed E-state index contributed by atoms with van der Waals surface area (Å²) >= 11 is 0. The molecule has 0 aromatic heterocycles. The van der Waals surface area contributed by atoms with E-state index in [0.29, 0.717) is 11.5 Å². The van der Waals surface area contributed by atoms with Crippen LogP contribution in [0.4, 0.5) is 0 Å². The van der Waals surface area contributed by atoms with Gasteiger partial charge < -0.3 is 14.8 Å². The lowest BCUT2D eigenvalue weighted by molar-refractivity contribution is -0.116. The fraction of sp³-hybridized carbons (Fsp3) is 0.350. The van der Waals surface area contributed by atoms with E-state index in [4.69, 9.17) is 9.47 Å². The number of Topliss-reactive ketones (excluding diaryl/α,β-unsaturated/α-hetero) is 1. The maximum atomic E-state index is 12.2. The zero-order chi connectivity index (χ0) is 19.9. The highest BCUT2D eigenvalue weighted by molar-refractivity contribution is 7.64. The molecule has 3 N–H and O–H groups in total. The van der Waals surface area contributed by atoms with Gasteiger partial charge in [0.2, 0.25) is 0 Å². The molecule has 6 nitrogen and oxygen atoms in total. The van der Waals surface area contributed by atoms with Gasteiger partial charge in [0, 0.05) is 17.7 Å². The Kier molecular flexibility index (Phi) is 7.75. The molecule has 0 aliphatic heterocycles. The topological polar surface area (TPSA) is 88.0 Å². The number of carbonyl (C=O) groups is 1. The van der Waals surface area contributed by atoms with Gasteiger partial charge in [-0.25, -0.2) is 9.79 Å². The van der Waals surface area contributed by atoms with Crippen molar-refractivity contribution in [3.63, 3.8) is 0 Å². The molecule has 2 rings (SSSR count). The van der Waals surface area contributed by atoms with Crippen molar-refractivity contribution in [2.45, 2.75) is 19.1 Å². The molecule has 0 aliphatic carbocycles. The summed E-state index contributed by atoms with van der Waals surface area (Å²) in [5.74, 6) is 1.12. The zero-order valence-electron chi connectivity index (χ0n) is 15.9. The Labute approximate surface area is 160 Å². The van der Waals surface area contributed by atoms with Crippen molar-refractivity contribution >= 4 is 13.5 Å². The van der Waals surface area contributed by atoms with Crippen LogP contribution in [-0.2, 0) is 11.0 Å². The molecule has 0 spiro atoms. The minimum absolute atomic E-state index is 0.0496. The average Bonchev–Trinajstić information content (AvgIpc) is 2.65. The Morgan fingerprint density at radius 1 is 1.11 bits per heavy atom.